The number of benzene rings is 2. The van der Waals surface area contributed by atoms with Gasteiger partial charge in [-0.3, -0.25) is 4.79 Å². The zero-order chi connectivity index (χ0) is 15.2. The van der Waals surface area contributed by atoms with Gasteiger partial charge < -0.3 is 14.8 Å². The van der Waals surface area contributed by atoms with E-state index in [9.17, 15) is 13.6 Å². The van der Waals surface area contributed by atoms with Gasteiger partial charge in [-0.1, -0.05) is 6.07 Å². The van der Waals surface area contributed by atoms with Gasteiger partial charge in [-0.05, 0) is 36.4 Å². The van der Waals surface area contributed by atoms with Crippen LogP contribution in [0.15, 0.2) is 42.5 Å². The number of rotatable bonds is 5. The van der Waals surface area contributed by atoms with Crippen LogP contribution in [0.25, 0.3) is 0 Å². The molecule has 0 spiro atoms. The average Bonchev–Trinajstić information content (AvgIpc) is 2.49. The predicted octanol–water partition coefficient (Wildman–Crippen LogP) is 2.99. The average molecular weight is 293 g/mol. The Bertz CT molecular complexity index is 609. The first-order valence-corrected chi connectivity index (χ1v) is 6.11. The quantitative estimate of drug-likeness (QED) is 0.922. The molecule has 0 saturated heterocycles. The van der Waals surface area contributed by atoms with Crippen LogP contribution >= 0.6 is 0 Å². The molecular weight excluding hydrogens is 280 g/mol. The number of halogens is 2. The van der Waals surface area contributed by atoms with Crippen molar-refractivity contribution < 1.29 is 23.0 Å². The summed E-state index contributed by atoms with van der Waals surface area (Å²) in [7, 11) is 1.53. The van der Waals surface area contributed by atoms with Crippen LogP contribution in [0.1, 0.15) is 0 Å². The maximum absolute atomic E-state index is 13.3. The van der Waals surface area contributed by atoms with Gasteiger partial charge in [0.25, 0.3) is 5.91 Å². The summed E-state index contributed by atoms with van der Waals surface area (Å²) in [5.41, 5.74) is -0.485. The van der Waals surface area contributed by atoms with Crippen molar-refractivity contribution in [2.75, 3.05) is 19.0 Å². The van der Waals surface area contributed by atoms with Crippen molar-refractivity contribution in [3.8, 4) is 11.5 Å². The maximum atomic E-state index is 13.3. The van der Waals surface area contributed by atoms with Crippen LogP contribution in [0.3, 0.4) is 0 Å². The molecule has 0 bridgehead atoms. The lowest BCUT2D eigenvalue weighted by Crippen LogP contribution is -2.21. The van der Waals surface area contributed by atoms with Gasteiger partial charge in [-0.2, -0.15) is 0 Å². The molecular formula is C15H13F2NO3. The van der Waals surface area contributed by atoms with Gasteiger partial charge in [-0.15, -0.1) is 0 Å². The number of anilines is 1. The number of carbonyl (C=O) groups is 1. The number of hydrogen-bond acceptors (Lipinski definition) is 3. The topological polar surface area (TPSA) is 47.6 Å². The smallest absolute Gasteiger partial charge is 0.262 e. The second-order valence-corrected chi connectivity index (χ2v) is 4.11. The molecule has 110 valence electrons. The fourth-order valence-electron chi connectivity index (χ4n) is 1.61. The standard InChI is InChI=1S/C15H13F2NO3/c1-20-10-5-7-11(8-6-10)21-9-14(19)18-15-12(16)3-2-4-13(15)17/h2-8H,9H2,1H3,(H,18,19). The minimum Gasteiger partial charge on any atom is -0.497 e. The maximum Gasteiger partial charge on any atom is 0.262 e. The molecule has 0 saturated carbocycles. The van der Waals surface area contributed by atoms with E-state index in [2.05, 4.69) is 5.32 Å². The van der Waals surface area contributed by atoms with Crippen molar-refractivity contribution in [1.82, 2.24) is 0 Å². The van der Waals surface area contributed by atoms with Crippen LogP contribution in [0.4, 0.5) is 14.5 Å². The van der Waals surface area contributed by atoms with Gasteiger partial charge >= 0.3 is 0 Å². The Morgan fingerprint density at radius 2 is 1.62 bits per heavy atom. The first-order valence-electron chi connectivity index (χ1n) is 6.11. The summed E-state index contributed by atoms with van der Waals surface area (Å²) in [6.07, 6.45) is 0. The lowest BCUT2D eigenvalue weighted by molar-refractivity contribution is -0.118. The number of carbonyl (C=O) groups excluding carboxylic acids is 1. The molecule has 0 aromatic heterocycles. The Labute approximate surface area is 120 Å². The van der Waals surface area contributed by atoms with Gasteiger partial charge in [-0.25, -0.2) is 8.78 Å². The first-order chi connectivity index (χ1) is 10.1. The van der Waals surface area contributed by atoms with Crippen LogP contribution < -0.4 is 14.8 Å². The summed E-state index contributed by atoms with van der Waals surface area (Å²) in [4.78, 5) is 11.6. The van der Waals surface area contributed by atoms with Crippen molar-refractivity contribution in [2.45, 2.75) is 0 Å². The predicted molar refractivity (Wildman–Crippen MR) is 73.5 cm³/mol. The second-order valence-electron chi connectivity index (χ2n) is 4.11. The number of ether oxygens (including phenoxy) is 2. The Balaban J connectivity index is 1.92. The zero-order valence-corrected chi connectivity index (χ0v) is 11.2. The van der Waals surface area contributed by atoms with Crippen molar-refractivity contribution in [3.63, 3.8) is 0 Å². The number of amides is 1. The van der Waals surface area contributed by atoms with Crippen molar-refractivity contribution >= 4 is 11.6 Å². The summed E-state index contributed by atoms with van der Waals surface area (Å²) >= 11 is 0. The van der Waals surface area contributed by atoms with Crippen LogP contribution in [0, 0.1) is 11.6 Å². The van der Waals surface area contributed by atoms with Crippen molar-refractivity contribution in [3.05, 3.63) is 54.1 Å². The van der Waals surface area contributed by atoms with Crippen LogP contribution in [0.2, 0.25) is 0 Å². The number of nitrogens with one attached hydrogen (secondary N) is 1. The summed E-state index contributed by atoms with van der Waals surface area (Å²) in [6.45, 7) is -0.361. The van der Waals surface area contributed by atoms with Gasteiger partial charge in [0.05, 0.1) is 7.11 Å². The van der Waals surface area contributed by atoms with E-state index in [1.807, 2.05) is 0 Å². The fraction of sp³-hybridized carbons (Fsp3) is 0.133. The highest BCUT2D eigenvalue weighted by molar-refractivity contribution is 5.92. The zero-order valence-electron chi connectivity index (χ0n) is 11.2. The van der Waals surface area contributed by atoms with E-state index in [0.29, 0.717) is 11.5 Å². The van der Waals surface area contributed by atoms with E-state index in [4.69, 9.17) is 9.47 Å². The third-order valence-corrected chi connectivity index (χ3v) is 2.66. The van der Waals surface area contributed by atoms with E-state index < -0.39 is 23.2 Å². The molecule has 21 heavy (non-hydrogen) atoms. The van der Waals surface area contributed by atoms with Gasteiger partial charge in [0.15, 0.2) is 6.61 Å². The third-order valence-electron chi connectivity index (χ3n) is 2.66. The molecule has 0 aliphatic carbocycles. The molecule has 1 N–H and O–H groups in total. The lowest BCUT2D eigenvalue weighted by atomic mass is 10.3. The van der Waals surface area contributed by atoms with Crippen LogP contribution in [-0.2, 0) is 4.79 Å². The molecule has 0 atom stereocenters. The molecule has 4 nitrogen and oxygen atoms in total. The fourth-order valence-corrected chi connectivity index (χ4v) is 1.61. The summed E-state index contributed by atoms with van der Waals surface area (Å²) < 4.78 is 36.9. The second kappa shape index (κ2) is 6.69. The Morgan fingerprint density at radius 3 is 2.19 bits per heavy atom. The van der Waals surface area contributed by atoms with E-state index in [0.717, 1.165) is 12.1 Å². The van der Waals surface area contributed by atoms with Gasteiger partial charge in [0, 0.05) is 0 Å². The normalized spacial score (nSPS) is 10.0. The molecule has 0 aliphatic heterocycles. The molecule has 2 aromatic carbocycles. The van der Waals surface area contributed by atoms with Crippen molar-refractivity contribution in [1.29, 1.82) is 0 Å². The first kappa shape index (κ1) is 14.8. The van der Waals surface area contributed by atoms with E-state index in [-0.39, 0.29) is 6.61 Å². The Hall–Kier alpha value is -2.63. The molecule has 6 heteroatoms. The largest absolute Gasteiger partial charge is 0.497 e. The van der Waals surface area contributed by atoms with Crippen LogP contribution in [-0.4, -0.2) is 19.6 Å². The van der Waals surface area contributed by atoms with Gasteiger partial charge in [0.2, 0.25) is 0 Å². The van der Waals surface area contributed by atoms with Crippen LogP contribution in [0.5, 0.6) is 11.5 Å². The minimum absolute atomic E-state index is 0.361. The van der Waals surface area contributed by atoms with E-state index in [1.54, 1.807) is 24.3 Å². The summed E-state index contributed by atoms with van der Waals surface area (Å²) in [6, 6.07) is 9.92. The number of hydrogen-bond donors (Lipinski definition) is 1. The Morgan fingerprint density at radius 1 is 1.05 bits per heavy atom. The summed E-state index contributed by atoms with van der Waals surface area (Å²) in [5.74, 6) is -1.24. The third kappa shape index (κ3) is 3.92. The highest BCUT2D eigenvalue weighted by atomic mass is 19.1. The molecule has 0 heterocycles. The summed E-state index contributed by atoms with van der Waals surface area (Å²) in [5, 5.41) is 2.13. The molecule has 0 radical (unpaired) electrons. The monoisotopic (exact) mass is 293 g/mol. The molecule has 0 aliphatic rings. The molecule has 2 aromatic rings. The minimum atomic E-state index is -0.840. The number of para-hydroxylation sites is 1. The molecule has 1 amide bonds. The highest BCUT2D eigenvalue weighted by Gasteiger charge is 2.12. The van der Waals surface area contributed by atoms with E-state index >= 15 is 0 Å². The SMILES string of the molecule is COc1ccc(OCC(=O)Nc2c(F)cccc2F)cc1. The highest BCUT2D eigenvalue weighted by Crippen LogP contribution is 2.19. The lowest BCUT2D eigenvalue weighted by Gasteiger charge is -2.09. The molecule has 0 fully saturated rings. The number of methoxy groups -OCH3 is 1. The Kier molecular flexibility index (Phi) is 4.71. The molecule has 2 rings (SSSR count). The van der Waals surface area contributed by atoms with Gasteiger partial charge in [0.1, 0.15) is 28.8 Å². The van der Waals surface area contributed by atoms with Crippen molar-refractivity contribution in [2.24, 2.45) is 0 Å². The molecule has 0 unspecified atom stereocenters. The van der Waals surface area contributed by atoms with E-state index in [1.165, 1.54) is 13.2 Å².